The molecule has 3 heterocycles. The molecule has 1 aromatic carbocycles. The number of nitrogens with zero attached hydrogens (tertiary/aromatic N) is 1. The Morgan fingerprint density at radius 2 is 2.19 bits per heavy atom. The third-order valence-corrected chi connectivity index (χ3v) is 4.79. The van der Waals surface area contributed by atoms with Crippen LogP contribution in [0.3, 0.4) is 0 Å². The number of carbonyl (C=O) groups is 2. The van der Waals surface area contributed by atoms with Gasteiger partial charge >= 0.3 is 5.97 Å². The molecule has 0 unspecified atom stereocenters. The summed E-state index contributed by atoms with van der Waals surface area (Å²) in [5, 5.41) is 9.42. The molecule has 0 saturated carbocycles. The molecule has 1 N–H and O–H groups in total. The lowest BCUT2D eigenvalue weighted by Gasteiger charge is -2.22. The quantitative estimate of drug-likeness (QED) is 0.833. The van der Waals surface area contributed by atoms with Crippen molar-refractivity contribution < 1.29 is 19.4 Å². The van der Waals surface area contributed by atoms with Gasteiger partial charge in [-0.2, -0.15) is 0 Å². The number of hydrogen-bond acceptors (Lipinski definition) is 3. The third kappa shape index (κ3) is 1.49. The van der Waals surface area contributed by atoms with Gasteiger partial charge in [-0.3, -0.25) is 9.59 Å². The lowest BCUT2D eigenvalue weighted by Crippen LogP contribution is -2.39. The molecule has 1 aromatic rings. The molecule has 0 radical (unpaired) electrons. The Bertz CT molecular complexity index is 683. The summed E-state index contributed by atoms with van der Waals surface area (Å²) in [6, 6.07) is 7.62. The van der Waals surface area contributed by atoms with E-state index in [9.17, 15) is 14.7 Å². The minimum absolute atomic E-state index is 0.149. The fourth-order valence-corrected chi connectivity index (χ4v) is 3.85. The monoisotopic (exact) mass is 285 g/mol. The van der Waals surface area contributed by atoms with E-state index < -0.39 is 29.5 Å². The van der Waals surface area contributed by atoms with Gasteiger partial charge in [-0.15, -0.1) is 0 Å². The number of fused-ring (bicyclic) bond motifs is 1. The number of benzene rings is 1. The first kappa shape index (κ1) is 12.6. The molecule has 0 aromatic heterocycles. The number of carboxylic acids is 1. The van der Waals surface area contributed by atoms with Crippen LogP contribution in [0.5, 0.6) is 0 Å². The van der Waals surface area contributed by atoms with E-state index in [0.29, 0.717) is 6.54 Å². The van der Waals surface area contributed by atoms with Gasteiger partial charge in [0.15, 0.2) is 0 Å². The smallest absolute Gasteiger partial charge is 0.310 e. The standard InChI is InChI=1S/C16H15NO4/c1-9-4-2-3-5-10(9)17-8-16-7-6-11(21-16)12(15(19)20)13(16)14(17)18/h2-7,11-13H,8H2,1H3,(H,19,20)/t11-,12+,13-,16-/m0/s1. The lowest BCUT2D eigenvalue weighted by molar-refractivity contribution is -0.146. The molecule has 21 heavy (non-hydrogen) atoms. The Hall–Kier alpha value is -2.14. The number of aliphatic carboxylic acids is 1. The zero-order chi connectivity index (χ0) is 14.8. The number of aryl methyl sites for hydroxylation is 1. The van der Waals surface area contributed by atoms with Gasteiger partial charge in [0.25, 0.3) is 0 Å². The number of ether oxygens (including phenoxy) is 1. The molecule has 3 aliphatic heterocycles. The molecular weight excluding hydrogens is 270 g/mol. The predicted molar refractivity (Wildman–Crippen MR) is 74.9 cm³/mol. The van der Waals surface area contributed by atoms with E-state index in [4.69, 9.17) is 4.74 Å². The van der Waals surface area contributed by atoms with Crippen molar-refractivity contribution in [3.8, 4) is 0 Å². The van der Waals surface area contributed by atoms with Crippen molar-refractivity contribution in [2.24, 2.45) is 11.8 Å². The predicted octanol–water partition coefficient (Wildman–Crippen LogP) is 1.37. The van der Waals surface area contributed by atoms with Gasteiger partial charge in [-0.25, -0.2) is 0 Å². The summed E-state index contributed by atoms with van der Waals surface area (Å²) in [4.78, 5) is 26.0. The Morgan fingerprint density at radius 1 is 1.43 bits per heavy atom. The number of amides is 1. The molecule has 0 aliphatic carbocycles. The third-order valence-electron chi connectivity index (χ3n) is 4.79. The topological polar surface area (TPSA) is 66.8 Å². The van der Waals surface area contributed by atoms with Crippen LogP contribution in [-0.2, 0) is 14.3 Å². The summed E-state index contributed by atoms with van der Waals surface area (Å²) in [6.45, 7) is 2.33. The fraction of sp³-hybridized carbons (Fsp3) is 0.375. The molecule has 1 spiro atoms. The maximum absolute atomic E-state index is 12.8. The second-order valence-electron chi connectivity index (χ2n) is 5.95. The minimum atomic E-state index is -0.962. The van der Waals surface area contributed by atoms with Crippen LogP contribution >= 0.6 is 0 Å². The molecule has 4 rings (SSSR count). The van der Waals surface area contributed by atoms with Crippen LogP contribution in [0, 0.1) is 18.8 Å². The minimum Gasteiger partial charge on any atom is -0.481 e. The van der Waals surface area contributed by atoms with Crippen molar-refractivity contribution in [3.63, 3.8) is 0 Å². The Labute approximate surface area is 121 Å². The van der Waals surface area contributed by atoms with Gasteiger partial charge in [0.1, 0.15) is 11.5 Å². The first-order valence-electron chi connectivity index (χ1n) is 7.00. The summed E-state index contributed by atoms with van der Waals surface area (Å²) < 4.78 is 5.87. The summed E-state index contributed by atoms with van der Waals surface area (Å²) in [6.07, 6.45) is 3.18. The summed E-state index contributed by atoms with van der Waals surface area (Å²) in [5.41, 5.74) is 1.05. The highest BCUT2D eigenvalue weighted by molar-refractivity contribution is 6.02. The highest BCUT2D eigenvalue weighted by Crippen LogP contribution is 2.52. The zero-order valence-electron chi connectivity index (χ0n) is 11.5. The second-order valence-corrected chi connectivity index (χ2v) is 5.95. The van der Waals surface area contributed by atoms with Crippen LogP contribution in [0.4, 0.5) is 5.69 Å². The van der Waals surface area contributed by atoms with E-state index in [-0.39, 0.29) is 5.91 Å². The van der Waals surface area contributed by atoms with E-state index in [0.717, 1.165) is 11.3 Å². The highest BCUT2D eigenvalue weighted by atomic mass is 16.5. The van der Waals surface area contributed by atoms with Crippen LogP contribution in [0.25, 0.3) is 0 Å². The molecule has 2 saturated heterocycles. The maximum atomic E-state index is 12.8. The van der Waals surface area contributed by atoms with E-state index in [1.54, 1.807) is 11.0 Å². The van der Waals surface area contributed by atoms with Crippen LogP contribution in [-0.4, -0.2) is 35.2 Å². The number of carboxylic acid groups (broad SMARTS) is 1. The molecule has 5 heteroatoms. The first-order chi connectivity index (χ1) is 10.0. The second kappa shape index (κ2) is 3.95. The Balaban J connectivity index is 1.78. The normalized spacial score (nSPS) is 36.3. The van der Waals surface area contributed by atoms with E-state index in [1.165, 1.54) is 0 Å². The van der Waals surface area contributed by atoms with E-state index in [2.05, 4.69) is 0 Å². The average Bonchev–Trinajstić information content (AvgIpc) is 3.08. The Kier molecular flexibility index (Phi) is 2.37. The van der Waals surface area contributed by atoms with Crippen molar-refractivity contribution in [2.45, 2.75) is 18.6 Å². The van der Waals surface area contributed by atoms with Gasteiger partial charge < -0.3 is 14.7 Å². The molecule has 2 fully saturated rings. The van der Waals surface area contributed by atoms with Gasteiger partial charge in [0.2, 0.25) is 5.91 Å². The van der Waals surface area contributed by atoms with Crippen LogP contribution in [0.2, 0.25) is 0 Å². The molecule has 2 bridgehead atoms. The summed E-state index contributed by atoms with van der Waals surface area (Å²) in [5.74, 6) is -2.51. The maximum Gasteiger partial charge on any atom is 0.310 e. The van der Waals surface area contributed by atoms with Crippen molar-refractivity contribution >= 4 is 17.6 Å². The van der Waals surface area contributed by atoms with E-state index >= 15 is 0 Å². The largest absolute Gasteiger partial charge is 0.481 e. The summed E-state index contributed by atoms with van der Waals surface area (Å²) in [7, 11) is 0. The summed E-state index contributed by atoms with van der Waals surface area (Å²) >= 11 is 0. The van der Waals surface area contributed by atoms with Gasteiger partial charge in [0.05, 0.1) is 18.6 Å². The highest BCUT2D eigenvalue weighted by Gasteiger charge is 2.67. The van der Waals surface area contributed by atoms with Crippen molar-refractivity contribution in [3.05, 3.63) is 42.0 Å². The van der Waals surface area contributed by atoms with Gasteiger partial charge in [0, 0.05) is 5.69 Å². The number of carbonyl (C=O) groups excluding carboxylic acids is 1. The number of hydrogen-bond donors (Lipinski definition) is 1. The lowest BCUT2D eigenvalue weighted by atomic mass is 9.77. The van der Waals surface area contributed by atoms with Crippen LogP contribution in [0.1, 0.15) is 5.56 Å². The number of rotatable bonds is 2. The molecule has 108 valence electrons. The molecule has 5 nitrogen and oxygen atoms in total. The molecule has 3 aliphatic rings. The average molecular weight is 285 g/mol. The van der Waals surface area contributed by atoms with Gasteiger partial charge in [-0.1, -0.05) is 30.4 Å². The van der Waals surface area contributed by atoms with Gasteiger partial charge in [-0.05, 0) is 18.6 Å². The van der Waals surface area contributed by atoms with Crippen molar-refractivity contribution in [1.29, 1.82) is 0 Å². The van der Waals surface area contributed by atoms with Crippen molar-refractivity contribution in [2.75, 3.05) is 11.4 Å². The molecule has 1 amide bonds. The van der Waals surface area contributed by atoms with Crippen molar-refractivity contribution in [1.82, 2.24) is 0 Å². The molecule has 4 atom stereocenters. The Morgan fingerprint density at radius 3 is 2.90 bits per heavy atom. The number of anilines is 1. The fourth-order valence-electron chi connectivity index (χ4n) is 3.85. The van der Waals surface area contributed by atoms with Crippen LogP contribution in [0.15, 0.2) is 36.4 Å². The number of para-hydroxylation sites is 1. The molecular formula is C16H15NO4. The first-order valence-corrected chi connectivity index (χ1v) is 7.00. The zero-order valence-corrected chi connectivity index (χ0v) is 11.5. The SMILES string of the molecule is Cc1ccccc1N1C[C@]23C=C[C@H](O2)[C@@H](C(=O)O)[C@H]3C1=O. The van der Waals surface area contributed by atoms with Crippen LogP contribution < -0.4 is 4.90 Å². The van der Waals surface area contributed by atoms with E-state index in [1.807, 2.05) is 37.3 Å².